The van der Waals surface area contributed by atoms with Crippen molar-refractivity contribution in [3.63, 3.8) is 0 Å². The molecule has 1 N–H and O–H groups in total. The van der Waals surface area contributed by atoms with Crippen molar-refractivity contribution in [1.82, 2.24) is 4.98 Å². The number of hydrogen-bond donors (Lipinski definition) is 1. The standard InChI is InChI=1S/C21H17N/c1-3-4-8-16-14(2)10-13-19-20(16)18-12-11-15-7-5-6-9-17(15)21(18)22-19/h3-13,22H,1H2,2H3/b8-4-. The third kappa shape index (κ3) is 1.79. The van der Waals surface area contributed by atoms with Gasteiger partial charge in [0.05, 0.1) is 5.52 Å². The second kappa shape index (κ2) is 4.88. The van der Waals surface area contributed by atoms with E-state index in [0.717, 1.165) is 0 Å². The molecule has 0 unspecified atom stereocenters. The summed E-state index contributed by atoms with van der Waals surface area (Å²) in [5, 5.41) is 5.11. The first kappa shape index (κ1) is 12.9. The zero-order chi connectivity index (χ0) is 15.1. The summed E-state index contributed by atoms with van der Waals surface area (Å²) >= 11 is 0. The number of fused-ring (bicyclic) bond motifs is 5. The van der Waals surface area contributed by atoms with Gasteiger partial charge in [-0.1, -0.05) is 67.3 Å². The molecule has 1 heteroatoms. The lowest BCUT2D eigenvalue weighted by Crippen LogP contribution is -1.82. The molecule has 0 radical (unpaired) electrons. The Morgan fingerprint density at radius 3 is 2.68 bits per heavy atom. The second-order valence-electron chi connectivity index (χ2n) is 5.65. The Hall–Kier alpha value is -2.80. The number of aromatic amines is 1. The molecule has 4 aromatic rings. The summed E-state index contributed by atoms with van der Waals surface area (Å²) in [7, 11) is 0. The summed E-state index contributed by atoms with van der Waals surface area (Å²) in [6.07, 6.45) is 5.97. The molecule has 0 atom stereocenters. The second-order valence-corrected chi connectivity index (χ2v) is 5.65. The first-order valence-electron chi connectivity index (χ1n) is 7.51. The Kier molecular flexibility index (Phi) is 2.87. The predicted molar refractivity (Wildman–Crippen MR) is 97.3 cm³/mol. The molecule has 0 saturated carbocycles. The van der Waals surface area contributed by atoms with Gasteiger partial charge in [-0.15, -0.1) is 0 Å². The van der Waals surface area contributed by atoms with Crippen molar-refractivity contribution in [1.29, 1.82) is 0 Å². The third-order valence-corrected chi connectivity index (χ3v) is 4.32. The van der Waals surface area contributed by atoms with Crippen LogP contribution in [0.4, 0.5) is 0 Å². The number of rotatable bonds is 2. The van der Waals surface area contributed by atoms with Gasteiger partial charge in [0.25, 0.3) is 0 Å². The maximum Gasteiger partial charge on any atom is 0.0544 e. The lowest BCUT2D eigenvalue weighted by atomic mass is 9.99. The molecule has 0 spiro atoms. The maximum absolute atomic E-state index is 3.78. The van der Waals surface area contributed by atoms with Crippen LogP contribution in [0.5, 0.6) is 0 Å². The van der Waals surface area contributed by atoms with Crippen LogP contribution in [0.3, 0.4) is 0 Å². The number of H-pyrrole nitrogens is 1. The number of benzene rings is 3. The van der Waals surface area contributed by atoms with Gasteiger partial charge < -0.3 is 4.98 Å². The van der Waals surface area contributed by atoms with Crippen molar-refractivity contribution < 1.29 is 0 Å². The van der Waals surface area contributed by atoms with E-state index in [2.05, 4.69) is 73.1 Å². The van der Waals surface area contributed by atoms with Crippen molar-refractivity contribution in [3.05, 3.63) is 78.4 Å². The highest BCUT2D eigenvalue weighted by Crippen LogP contribution is 2.34. The predicted octanol–water partition coefficient (Wildman–Crippen LogP) is 5.98. The van der Waals surface area contributed by atoms with E-state index in [0.29, 0.717) is 0 Å². The van der Waals surface area contributed by atoms with Crippen molar-refractivity contribution in [2.24, 2.45) is 0 Å². The van der Waals surface area contributed by atoms with E-state index in [1.165, 1.54) is 43.7 Å². The monoisotopic (exact) mass is 283 g/mol. The minimum atomic E-state index is 1.18. The van der Waals surface area contributed by atoms with Gasteiger partial charge in [-0.05, 0) is 29.5 Å². The van der Waals surface area contributed by atoms with Gasteiger partial charge in [-0.25, -0.2) is 0 Å². The third-order valence-electron chi connectivity index (χ3n) is 4.32. The molecule has 0 aliphatic heterocycles. The Balaban J connectivity index is 2.21. The lowest BCUT2D eigenvalue weighted by molar-refractivity contribution is 1.47. The zero-order valence-corrected chi connectivity index (χ0v) is 12.6. The van der Waals surface area contributed by atoms with Crippen molar-refractivity contribution in [2.75, 3.05) is 0 Å². The fourth-order valence-electron chi connectivity index (χ4n) is 3.25. The number of allylic oxidation sites excluding steroid dienone is 2. The summed E-state index contributed by atoms with van der Waals surface area (Å²) in [4.78, 5) is 3.61. The van der Waals surface area contributed by atoms with Crippen LogP contribution in [0.2, 0.25) is 0 Å². The number of hydrogen-bond acceptors (Lipinski definition) is 0. The average Bonchev–Trinajstić information content (AvgIpc) is 2.93. The maximum atomic E-state index is 3.78. The molecule has 0 saturated heterocycles. The SMILES string of the molecule is C=C/C=C\c1c(C)ccc2[nH]c3c4ccccc4ccc3c12. The summed E-state index contributed by atoms with van der Waals surface area (Å²) in [6, 6.07) is 17.3. The molecule has 0 aliphatic carbocycles. The first-order valence-corrected chi connectivity index (χ1v) is 7.51. The van der Waals surface area contributed by atoms with Crippen molar-refractivity contribution >= 4 is 38.7 Å². The highest BCUT2D eigenvalue weighted by Gasteiger charge is 2.11. The molecular formula is C21H17N. The summed E-state index contributed by atoms with van der Waals surface area (Å²) in [5.41, 5.74) is 4.94. The molecule has 106 valence electrons. The quantitative estimate of drug-likeness (QED) is 0.435. The van der Waals surface area contributed by atoms with Gasteiger partial charge >= 0.3 is 0 Å². The van der Waals surface area contributed by atoms with Crippen LogP contribution < -0.4 is 0 Å². The molecule has 22 heavy (non-hydrogen) atoms. The Morgan fingerprint density at radius 1 is 0.955 bits per heavy atom. The van der Waals surface area contributed by atoms with E-state index >= 15 is 0 Å². The first-order chi connectivity index (χ1) is 10.8. The van der Waals surface area contributed by atoms with Crippen LogP contribution in [0.15, 0.2) is 67.3 Å². The Labute approximate surface area is 129 Å². The van der Waals surface area contributed by atoms with Gasteiger partial charge in [-0.3, -0.25) is 0 Å². The molecular weight excluding hydrogens is 266 g/mol. The van der Waals surface area contributed by atoms with E-state index < -0.39 is 0 Å². The molecule has 0 aliphatic rings. The number of aromatic nitrogens is 1. The van der Waals surface area contributed by atoms with E-state index in [9.17, 15) is 0 Å². The van der Waals surface area contributed by atoms with Crippen LogP contribution in [-0.2, 0) is 0 Å². The average molecular weight is 283 g/mol. The van der Waals surface area contributed by atoms with E-state index in [-0.39, 0.29) is 0 Å². The highest BCUT2D eigenvalue weighted by molar-refractivity contribution is 6.19. The fraction of sp³-hybridized carbons (Fsp3) is 0.0476. The van der Waals surface area contributed by atoms with Crippen LogP contribution in [0, 0.1) is 6.92 Å². The van der Waals surface area contributed by atoms with Gasteiger partial charge in [-0.2, -0.15) is 0 Å². The van der Waals surface area contributed by atoms with Crippen molar-refractivity contribution in [2.45, 2.75) is 6.92 Å². The molecule has 3 aromatic carbocycles. The van der Waals surface area contributed by atoms with Gasteiger partial charge in [0.15, 0.2) is 0 Å². The van der Waals surface area contributed by atoms with Crippen LogP contribution in [-0.4, -0.2) is 4.98 Å². The topological polar surface area (TPSA) is 15.8 Å². The molecule has 0 bridgehead atoms. The summed E-state index contributed by atoms with van der Waals surface area (Å²) in [5.74, 6) is 0. The van der Waals surface area contributed by atoms with Gasteiger partial charge in [0.2, 0.25) is 0 Å². The smallest absolute Gasteiger partial charge is 0.0544 e. The number of nitrogens with one attached hydrogen (secondary N) is 1. The van der Waals surface area contributed by atoms with Crippen LogP contribution in [0.25, 0.3) is 38.7 Å². The minimum absolute atomic E-state index is 1.18. The zero-order valence-electron chi connectivity index (χ0n) is 12.6. The number of aryl methyl sites for hydroxylation is 1. The van der Waals surface area contributed by atoms with E-state index in [1.54, 1.807) is 0 Å². The molecule has 1 aromatic heterocycles. The minimum Gasteiger partial charge on any atom is -0.354 e. The fourth-order valence-corrected chi connectivity index (χ4v) is 3.25. The van der Waals surface area contributed by atoms with Crippen molar-refractivity contribution in [3.8, 4) is 0 Å². The molecule has 0 amide bonds. The van der Waals surface area contributed by atoms with E-state index in [4.69, 9.17) is 0 Å². The molecule has 1 heterocycles. The molecule has 0 fully saturated rings. The Morgan fingerprint density at radius 2 is 1.82 bits per heavy atom. The lowest BCUT2D eigenvalue weighted by Gasteiger charge is -2.03. The van der Waals surface area contributed by atoms with Gasteiger partial charge in [0, 0.05) is 21.7 Å². The van der Waals surface area contributed by atoms with Gasteiger partial charge in [0.1, 0.15) is 0 Å². The highest BCUT2D eigenvalue weighted by atomic mass is 14.7. The van der Waals surface area contributed by atoms with E-state index in [1.807, 2.05) is 12.2 Å². The van der Waals surface area contributed by atoms with Crippen LogP contribution >= 0.6 is 0 Å². The van der Waals surface area contributed by atoms with Crippen LogP contribution in [0.1, 0.15) is 11.1 Å². The molecule has 1 nitrogen and oxygen atoms in total. The Bertz CT molecular complexity index is 1050. The summed E-state index contributed by atoms with van der Waals surface area (Å²) < 4.78 is 0. The normalized spacial score (nSPS) is 11.9. The molecule has 4 rings (SSSR count). The summed E-state index contributed by atoms with van der Waals surface area (Å²) in [6.45, 7) is 5.94. The largest absolute Gasteiger partial charge is 0.354 e.